The Bertz CT molecular complexity index is 621. The van der Waals surface area contributed by atoms with E-state index in [1.165, 1.54) is 17.8 Å². The topological polar surface area (TPSA) is 29.1 Å². The van der Waals surface area contributed by atoms with E-state index in [0.29, 0.717) is 5.02 Å². The number of carbonyl (C=O) groups excluding carboxylic acids is 1. The highest BCUT2D eigenvalue weighted by molar-refractivity contribution is 14.1. The quantitative estimate of drug-likeness (QED) is 0.567. The van der Waals surface area contributed by atoms with Gasteiger partial charge in [-0.1, -0.05) is 11.6 Å². The van der Waals surface area contributed by atoms with Crippen molar-refractivity contribution >= 4 is 57.5 Å². The first-order chi connectivity index (χ1) is 9.54. The van der Waals surface area contributed by atoms with Gasteiger partial charge in [0.1, 0.15) is 5.82 Å². The minimum atomic E-state index is -0.429. The van der Waals surface area contributed by atoms with Crippen LogP contribution in [0, 0.1) is 9.39 Å². The molecule has 0 saturated heterocycles. The van der Waals surface area contributed by atoms with Gasteiger partial charge in [0.15, 0.2) is 0 Å². The molecule has 0 saturated carbocycles. The van der Waals surface area contributed by atoms with Crippen LogP contribution >= 0.6 is 46.0 Å². The number of hydrogen-bond donors (Lipinski definition) is 1. The Morgan fingerprint density at radius 2 is 1.95 bits per heavy atom. The zero-order valence-electron chi connectivity index (χ0n) is 10.2. The van der Waals surface area contributed by atoms with Gasteiger partial charge in [0.05, 0.1) is 11.4 Å². The van der Waals surface area contributed by atoms with Crippen molar-refractivity contribution in [3.05, 3.63) is 56.9 Å². The summed E-state index contributed by atoms with van der Waals surface area (Å²) >= 11 is 9.17. The zero-order chi connectivity index (χ0) is 14.5. The lowest BCUT2D eigenvalue weighted by Crippen LogP contribution is -2.15. The fraction of sp³-hybridized carbons (Fsp3) is 0.0714. The fourth-order valence-electron chi connectivity index (χ4n) is 1.46. The lowest BCUT2D eigenvalue weighted by Gasteiger charge is -2.06. The molecular formula is C14H10ClFINOS. The molecule has 0 fully saturated rings. The first-order valence-corrected chi connectivity index (χ1v) is 8.12. The molecule has 0 spiro atoms. The summed E-state index contributed by atoms with van der Waals surface area (Å²) in [5.74, 6) is -0.459. The van der Waals surface area contributed by atoms with Crippen LogP contribution in [0.2, 0.25) is 5.02 Å². The van der Waals surface area contributed by atoms with E-state index in [1.807, 2.05) is 34.7 Å². The molecule has 0 unspecified atom stereocenters. The van der Waals surface area contributed by atoms with Gasteiger partial charge in [0.2, 0.25) is 5.91 Å². The number of rotatable bonds is 4. The smallest absolute Gasteiger partial charge is 0.234 e. The van der Waals surface area contributed by atoms with Gasteiger partial charge in [-0.2, -0.15) is 0 Å². The number of halogens is 3. The number of hydrogen-bond acceptors (Lipinski definition) is 2. The van der Waals surface area contributed by atoms with Crippen molar-refractivity contribution in [2.45, 2.75) is 4.90 Å². The number of anilines is 1. The minimum absolute atomic E-state index is 0.201. The maximum Gasteiger partial charge on any atom is 0.234 e. The predicted molar refractivity (Wildman–Crippen MR) is 89.9 cm³/mol. The van der Waals surface area contributed by atoms with Crippen molar-refractivity contribution in [1.82, 2.24) is 0 Å². The molecule has 20 heavy (non-hydrogen) atoms. The number of benzene rings is 2. The fourth-order valence-corrected chi connectivity index (χ4v) is 2.73. The van der Waals surface area contributed by atoms with E-state index in [0.717, 1.165) is 8.47 Å². The second-order valence-electron chi connectivity index (χ2n) is 3.91. The standard InChI is InChI=1S/C14H10ClFINOS/c15-9-1-4-11(5-2-9)20-8-14(19)18-13-6-3-10(17)7-12(13)16/h1-7H,8H2,(H,18,19). The molecule has 0 bridgehead atoms. The van der Waals surface area contributed by atoms with Crippen molar-refractivity contribution in [2.75, 3.05) is 11.1 Å². The highest BCUT2D eigenvalue weighted by Gasteiger charge is 2.08. The van der Waals surface area contributed by atoms with Crippen molar-refractivity contribution < 1.29 is 9.18 Å². The van der Waals surface area contributed by atoms with E-state index >= 15 is 0 Å². The zero-order valence-corrected chi connectivity index (χ0v) is 13.9. The molecule has 2 nitrogen and oxygen atoms in total. The third-order valence-corrected chi connectivity index (χ3v) is 4.32. The summed E-state index contributed by atoms with van der Waals surface area (Å²) in [6, 6.07) is 11.9. The molecule has 0 radical (unpaired) electrons. The molecule has 2 rings (SSSR count). The molecule has 0 heterocycles. The van der Waals surface area contributed by atoms with E-state index in [1.54, 1.807) is 24.3 Å². The van der Waals surface area contributed by atoms with E-state index in [4.69, 9.17) is 11.6 Å². The largest absolute Gasteiger partial charge is 0.323 e. The highest BCUT2D eigenvalue weighted by Crippen LogP contribution is 2.21. The molecule has 0 atom stereocenters. The number of amides is 1. The lowest BCUT2D eigenvalue weighted by atomic mass is 10.3. The van der Waals surface area contributed by atoms with Crippen molar-refractivity contribution in [2.24, 2.45) is 0 Å². The van der Waals surface area contributed by atoms with Crippen molar-refractivity contribution in [3.8, 4) is 0 Å². The molecule has 6 heteroatoms. The van der Waals surface area contributed by atoms with Gasteiger partial charge in [-0.05, 0) is 65.1 Å². The van der Waals surface area contributed by atoms with E-state index in [-0.39, 0.29) is 17.3 Å². The molecule has 0 aliphatic heterocycles. The Labute approximate surface area is 139 Å². The summed E-state index contributed by atoms with van der Waals surface area (Å²) in [5.41, 5.74) is 0.201. The average molecular weight is 422 g/mol. The van der Waals surface area contributed by atoms with Crippen LogP contribution in [0.5, 0.6) is 0 Å². The van der Waals surface area contributed by atoms with Crippen molar-refractivity contribution in [1.29, 1.82) is 0 Å². The van der Waals surface area contributed by atoms with Crippen molar-refractivity contribution in [3.63, 3.8) is 0 Å². The summed E-state index contributed by atoms with van der Waals surface area (Å²) in [7, 11) is 0. The van der Waals surface area contributed by atoms with Crippen LogP contribution in [0.15, 0.2) is 47.4 Å². The van der Waals surface area contributed by atoms with E-state index < -0.39 is 5.82 Å². The monoisotopic (exact) mass is 421 g/mol. The van der Waals surface area contributed by atoms with Crippen LogP contribution in [0.4, 0.5) is 10.1 Å². The first-order valence-electron chi connectivity index (χ1n) is 5.68. The summed E-state index contributed by atoms with van der Waals surface area (Å²) < 4.78 is 14.4. The molecule has 0 aromatic heterocycles. The maximum absolute atomic E-state index is 13.6. The molecule has 0 aliphatic carbocycles. The van der Waals surface area contributed by atoms with Crippen LogP contribution in [-0.2, 0) is 4.79 Å². The maximum atomic E-state index is 13.6. The van der Waals surface area contributed by atoms with Gasteiger partial charge in [0.25, 0.3) is 0 Å². The molecule has 104 valence electrons. The van der Waals surface area contributed by atoms with Crippen LogP contribution in [0.25, 0.3) is 0 Å². The number of thioether (sulfide) groups is 1. The Kier molecular flexibility index (Phi) is 5.68. The lowest BCUT2D eigenvalue weighted by molar-refractivity contribution is -0.113. The molecule has 0 aliphatic rings. The van der Waals surface area contributed by atoms with Gasteiger partial charge >= 0.3 is 0 Å². The summed E-state index contributed by atoms with van der Waals surface area (Å²) in [6.45, 7) is 0. The molecule has 2 aromatic rings. The Morgan fingerprint density at radius 1 is 1.25 bits per heavy atom. The normalized spacial score (nSPS) is 10.3. The van der Waals surface area contributed by atoms with Crippen LogP contribution in [0.1, 0.15) is 0 Å². The van der Waals surface area contributed by atoms with Gasteiger partial charge in [-0.25, -0.2) is 4.39 Å². The summed E-state index contributed by atoms with van der Waals surface area (Å²) in [5, 5.41) is 3.21. The summed E-state index contributed by atoms with van der Waals surface area (Å²) in [4.78, 5) is 12.7. The van der Waals surface area contributed by atoms with Crippen LogP contribution < -0.4 is 5.32 Å². The molecular weight excluding hydrogens is 412 g/mol. The molecule has 1 amide bonds. The van der Waals surface area contributed by atoms with Gasteiger partial charge in [-0.3, -0.25) is 4.79 Å². The molecule has 1 N–H and O–H groups in total. The van der Waals surface area contributed by atoms with Crippen LogP contribution in [0.3, 0.4) is 0 Å². The SMILES string of the molecule is O=C(CSc1ccc(Cl)cc1)Nc1ccc(I)cc1F. The number of carbonyl (C=O) groups is 1. The third kappa shape index (κ3) is 4.64. The van der Waals surface area contributed by atoms with Gasteiger partial charge in [0, 0.05) is 13.5 Å². The average Bonchev–Trinajstić information content (AvgIpc) is 2.41. The van der Waals surface area contributed by atoms with Crippen LogP contribution in [-0.4, -0.2) is 11.7 Å². The minimum Gasteiger partial charge on any atom is -0.323 e. The second-order valence-corrected chi connectivity index (χ2v) is 6.65. The molecule has 2 aromatic carbocycles. The third-order valence-electron chi connectivity index (χ3n) is 2.39. The Balaban J connectivity index is 1.90. The van der Waals surface area contributed by atoms with E-state index in [9.17, 15) is 9.18 Å². The summed E-state index contributed by atoms with van der Waals surface area (Å²) in [6.07, 6.45) is 0. The number of nitrogens with one attached hydrogen (secondary N) is 1. The van der Waals surface area contributed by atoms with Gasteiger partial charge < -0.3 is 5.32 Å². The predicted octanol–water partition coefficient (Wildman–Crippen LogP) is 4.81. The highest BCUT2D eigenvalue weighted by atomic mass is 127. The first kappa shape index (κ1) is 15.6. The van der Waals surface area contributed by atoms with E-state index in [2.05, 4.69) is 5.32 Å². The van der Waals surface area contributed by atoms with Gasteiger partial charge in [-0.15, -0.1) is 11.8 Å². The Hall–Kier alpha value is -0.790. The second kappa shape index (κ2) is 7.28. The Morgan fingerprint density at radius 3 is 2.60 bits per heavy atom.